The van der Waals surface area contributed by atoms with Crippen LogP contribution < -0.4 is 5.32 Å². The molecule has 0 aliphatic carbocycles. The van der Waals surface area contributed by atoms with Crippen molar-refractivity contribution in [3.05, 3.63) is 23.8 Å². The van der Waals surface area contributed by atoms with Crippen LogP contribution in [-0.4, -0.2) is 41.1 Å². The van der Waals surface area contributed by atoms with E-state index in [1.54, 1.807) is 40.7 Å². The summed E-state index contributed by atoms with van der Waals surface area (Å²) < 4.78 is 9.71. The van der Waals surface area contributed by atoms with Crippen molar-refractivity contribution in [3.8, 4) is 5.75 Å². The normalized spacial score (nSPS) is 13.1. The number of aliphatic hydroxyl groups excluding tert-OH is 1. The predicted octanol–water partition coefficient (Wildman–Crippen LogP) is 2.55. The average Bonchev–Trinajstić information content (AvgIpc) is 2.45. The molecule has 0 fully saturated rings. The third kappa shape index (κ3) is 4.86. The highest BCUT2D eigenvalue weighted by Crippen LogP contribution is 2.33. The summed E-state index contributed by atoms with van der Waals surface area (Å²) in [6.45, 7) is 8.46. The molecule has 0 saturated heterocycles. The quantitative estimate of drug-likeness (QED) is 0.575. The lowest BCUT2D eigenvalue weighted by atomic mass is 9.79. The number of carbonyl (C=O) groups excluding carboxylic acids is 2. The van der Waals surface area contributed by atoms with Crippen LogP contribution in [0, 0.1) is 0 Å². The van der Waals surface area contributed by atoms with Gasteiger partial charge in [-0.1, -0.05) is 19.9 Å². The van der Waals surface area contributed by atoms with E-state index in [0.29, 0.717) is 5.56 Å². The first-order chi connectivity index (χ1) is 10.9. The van der Waals surface area contributed by atoms with Crippen LogP contribution >= 0.6 is 0 Å². The fourth-order valence-electron chi connectivity index (χ4n) is 2.01. The molecular weight excluding hydrogens is 314 g/mol. The van der Waals surface area contributed by atoms with Gasteiger partial charge in [0.2, 0.25) is 0 Å². The van der Waals surface area contributed by atoms with E-state index in [4.69, 9.17) is 4.74 Å². The highest BCUT2D eigenvalue weighted by Gasteiger charge is 2.36. The number of carbonyl (C=O) groups is 2. The maximum Gasteiger partial charge on any atom is 0.412 e. The molecule has 1 rings (SSSR count). The van der Waals surface area contributed by atoms with Gasteiger partial charge in [-0.05, 0) is 38.5 Å². The van der Waals surface area contributed by atoms with Crippen molar-refractivity contribution < 1.29 is 29.3 Å². The lowest BCUT2D eigenvalue weighted by Crippen LogP contribution is -2.40. The van der Waals surface area contributed by atoms with E-state index in [-0.39, 0.29) is 11.4 Å². The summed E-state index contributed by atoms with van der Waals surface area (Å²) in [5.41, 5.74) is -1.03. The first kappa shape index (κ1) is 19.8. The molecule has 7 nitrogen and oxygen atoms in total. The molecule has 1 amide bonds. The van der Waals surface area contributed by atoms with E-state index in [1.165, 1.54) is 19.2 Å². The van der Waals surface area contributed by atoms with E-state index in [2.05, 4.69) is 10.1 Å². The van der Waals surface area contributed by atoms with Crippen molar-refractivity contribution in [2.75, 3.05) is 12.4 Å². The maximum absolute atomic E-state index is 11.9. The zero-order valence-corrected chi connectivity index (χ0v) is 14.8. The third-order valence-electron chi connectivity index (χ3n) is 3.48. The molecule has 7 heteroatoms. The van der Waals surface area contributed by atoms with Crippen LogP contribution in [0.1, 0.15) is 40.2 Å². The van der Waals surface area contributed by atoms with Crippen molar-refractivity contribution in [1.29, 1.82) is 0 Å². The van der Waals surface area contributed by atoms with Crippen LogP contribution in [0.4, 0.5) is 10.5 Å². The number of amides is 1. The standard InChI is InChI=1S/C17H25NO6/c1-16(2,3)24-15(22)18-11-9-10(7-8-12(11)19)17(4,5)13(20)14(21)23-6/h7-9,13,19-20H,1-6H3,(H,18,22). The molecule has 0 heterocycles. The number of aromatic hydroxyl groups is 1. The number of methoxy groups -OCH3 is 1. The van der Waals surface area contributed by atoms with Crippen molar-refractivity contribution in [1.82, 2.24) is 0 Å². The van der Waals surface area contributed by atoms with Crippen LogP contribution in [0.15, 0.2) is 18.2 Å². The summed E-state index contributed by atoms with van der Waals surface area (Å²) in [5.74, 6) is -0.928. The Labute approximate surface area is 141 Å². The summed E-state index contributed by atoms with van der Waals surface area (Å²) in [4.78, 5) is 23.5. The number of rotatable bonds is 4. The van der Waals surface area contributed by atoms with Crippen LogP contribution in [-0.2, 0) is 19.7 Å². The van der Waals surface area contributed by atoms with Gasteiger partial charge in [-0.2, -0.15) is 0 Å². The molecular formula is C17H25NO6. The average molecular weight is 339 g/mol. The van der Waals surface area contributed by atoms with E-state index in [1.807, 2.05) is 0 Å². The van der Waals surface area contributed by atoms with Crippen molar-refractivity contribution in [2.24, 2.45) is 0 Å². The Balaban J connectivity index is 3.09. The molecule has 1 aromatic rings. The van der Waals surface area contributed by atoms with Crippen LogP contribution in [0.25, 0.3) is 0 Å². The second-order valence-electron chi connectivity index (χ2n) is 7.01. The third-order valence-corrected chi connectivity index (χ3v) is 3.48. The molecule has 24 heavy (non-hydrogen) atoms. The van der Waals surface area contributed by atoms with Crippen molar-refractivity contribution in [2.45, 2.75) is 51.7 Å². The highest BCUT2D eigenvalue weighted by atomic mass is 16.6. The Hall–Kier alpha value is -2.28. The Morgan fingerprint density at radius 2 is 1.75 bits per heavy atom. The number of benzene rings is 1. The fraction of sp³-hybridized carbons (Fsp3) is 0.529. The summed E-state index contributed by atoms with van der Waals surface area (Å²) in [6, 6.07) is 4.40. The van der Waals surface area contributed by atoms with Gasteiger partial charge in [0.15, 0.2) is 6.10 Å². The Morgan fingerprint density at radius 3 is 2.25 bits per heavy atom. The van der Waals surface area contributed by atoms with Gasteiger partial charge < -0.3 is 19.7 Å². The summed E-state index contributed by atoms with van der Waals surface area (Å²) in [7, 11) is 1.19. The first-order valence-corrected chi connectivity index (χ1v) is 7.48. The van der Waals surface area contributed by atoms with Gasteiger partial charge in [-0.15, -0.1) is 0 Å². The molecule has 0 aliphatic heterocycles. The van der Waals surface area contributed by atoms with Gasteiger partial charge in [0, 0.05) is 5.41 Å². The van der Waals surface area contributed by atoms with Crippen LogP contribution in [0.2, 0.25) is 0 Å². The predicted molar refractivity (Wildman–Crippen MR) is 89.0 cm³/mol. The number of phenolic OH excluding ortho intramolecular Hbond substituents is 1. The number of hydrogen-bond acceptors (Lipinski definition) is 6. The SMILES string of the molecule is COC(=O)C(O)C(C)(C)c1ccc(O)c(NC(=O)OC(C)(C)C)c1. The van der Waals surface area contributed by atoms with Gasteiger partial charge in [0.1, 0.15) is 11.4 Å². The second kappa shape index (κ2) is 7.09. The largest absolute Gasteiger partial charge is 0.506 e. The topological polar surface area (TPSA) is 105 Å². The van der Waals surface area contributed by atoms with Gasteiger partial charge in [0.05, 0.1) is 12.8 Å². The highest BCUT2D eigenvalue weighted by molar-refractivity contribution is 5.87. The smallest absolute Gasteiger partial charge is 0.412 e. The second-order valence-corrected chi connectivity index (χ2v) is 7.01. The molecule has 0 aliphatic rings. The minimum absolute atomic E-state index is 0.117. The molecule has 0 radical (unpaired) electrons. The lowest BCUT2D eigenvalue weighted by Gasteiger charge is -2.29. The zero-order chi connectivity index (χ0) is 18.7. The first-order valence-electron chi connectivity index (χ1n) is 7.48. The Kier molecular flexibility index (Phi) is 5.84. The van der Waals surface area contributed by atoms with Crippen LogP contribution in [0.3, 0.4) is 0 Å². The van der Waals surface area contributed by atoms with E-state index >= 15 is 0 Å². The van der Waals surface area contributed by atoms with Gasteiger partial charge in [-0.25, -0.2) is 9.59 Å². The Morgan fingerprint density at radius 1 is 1.17 bits per heavy atom. The fourth-order valence-corrected chi connectivity index (χ4v) is 2.01. The number of phenols is 1. The van der Waals surface area contributed by atoms with E-state index in [0.717, 1.165) is 0 Å². The molecule has 0 bridgehead atoms. The molecule has 134 valence electrons. The zero-order valence-electron chi connectivity index (χ0n) is 14.8. The Bertz CT molecular complexity index is 618. The van der Waals surface area contributed by atoms with E-state index in [9.17, 15) is 19.8 Å². The molecule has 1 aromatic carbocycles. The number of anilines is 1. The molecule has 0 saturated carbocycles. The van der Waals surface area contributed by atoms with Crippen molar-refractivity contribution >= 4 is 17.7 Å². The number of ether oxygens (including phenoxy) is 2. The number of esters is 1. The summed E-state index contributed by atoms with van der Waals surface area (Å²) in [5, 5.41) is 22.5. The molecule has 1 unspecified atom stereocenters. The molecule has 3 N–H and O–H groups in total. The van der Waals surface area contributed by atoms with Crippen molar-refractivity contribution in [3.63, 3.8) is 0 Å². The molecule has 0 aromatic heterocycles. The maximum atomic E-state index is 11.9. The minimum Gasteiger partial charge on any atom is -0.506 e. The summed E-state index contributed by atoms with van der Waals surface area (Å²) in [6.07, 6.45) is -2.12. The van der Waals surface area contributed by atoms with Gasteiger partial charge >= 0.3 is 12.1 Å². The minimum atomic E-state index is -1.40. The monoisotopic (exact) mass is 339 g/mol. The van der Waals surface area contributed by atoms with Gasteiger partial charge in [-0.3, -0.25) is 5.32 Å². The number of aliphatic hydroxyl groups is 1. The molecule has 1 atom stereocenters. The summed E-state index contributed by atoms with van der Waals surface area (Å²) >= 11 is 0. The lowest BCUT2D eigenvalue weighted by molar-refractivity contribution is -0.153. The van der Waals surface area contributed by atoms with E-state index < -0.39 is 29.2 Å². The number of nitrogens with one attached hydrogen (secondary N) is 1. The number of hydrogen-bond donors (Lipinski definition) is 3. The molecule has 0 spiro atoms. The van der Waals surface area contributed by atoms with Crippen LogP contribution in [0.5, 0.6) is 5.75 Å². The van der Waals surface area contributed by atoms with Gasteiger partial charge in [0.25, 0.3) is 0 Å².